The van der Waals surface area contributed by atoms with Crippen LogP contribution in [0.15, 0.2) is 39.0 Å². The Hall–Kier alpha value is -2.93. The number of ether oxygens (including phenoxy) is 1. The van der Waals surface area contributed by atoms with Crippen LogP contribution in [0.25, 0.3) is 16.1 Å². The van der Waals surface area contributed by atoms with Gasteiger partial charge in [-0.2, -0.15) is 0 Å². The number of aromatic amines is 1. The summed E-state index contributed by atoms with van der Waals surface area (Å²) < 4.78 is 7.77. The van der Waals surface area contributed by atoms with E-state index in [4.69, 9.17) is 10.3 Å². The van der Waals surface area contributed by atoms with Gasteiger partial charge in [0.1, 0.15) is 5.75 Å². The fourth-order valence-corrected chi connectivity index (χ4v) is 2.09. The van der Waals surface area contributed by atoms with E-state index >= 15 is 0 Å². The fourth-order valence-electron chi connectivity index (χ4n) is 2.09. The van der Waals surface area contributed by atoms with Crippen LogP contribution in [-0.4, -0.2) is 27.5 Å². The molecule has 0 saturated heterocycles. The molecule has 0 spiro atoms. The number of rotatable bonds is 8. The van der Waals surface area contributed by atoms with Gasteiger partial charge in [0.15, 0.2) is 0 Å². The standard InChI is InChI=1S/C14H18N6O3/c1-19-14(22)20(13(21)17-19)11-5-7-12(8-6-11)23-10-4-2-3-9-16-18-15/h5-8H,2-4,9-10H2,1H3,(H,17,21). The molecule has 1 aromatic heterocycles. The Morgan fingerprint density at radius 1 is 1.22 bits per heavy atom. The quantitative estimate of drug-likeness (QED) is 0.345. The van der Waals surface area contributed by atoms with Gasteiger partial charge in [-0.15, -0.1) is 0 Å². The minimum absolute atomic E-state index is 0.427. The van der Waals surface area contributed by atoms with Crippen molar-refractivity contribution < 1.29 is 4.74 Å². The summed E-state index contributed by atoms with van der Waals surface area (Å²) in [4.78, 5) is 26.2. The molecule has 23 heavy (non-hydrogen) atoms. The predicted octanol–water partition coefficient (Wildman–Crippen LogP) is 1.72. The number of nitrogens with one attached hydrogen (secondary N) is 1. The average Bonchev–Trinajstić information content (AvgIpc) is 2.80. The highest BCUT2D eigenvalue weighted by Crippen LogP contribution is 2.14. The number of aryl methyl sites for hydroxylation is 1. The smallest absolute Gasteiger partial charge is 0.351 e. The van der Waals surface area contributed by atoms with E-state index in [0.29, 0.717) is 24.6 Å². The fraction of sp³-hybridized carbons (Fsp3) is 0.429. The Bertz CT molecular complexity index is 795. The van der Waals surface area contributed by atoms with Crippen LogP contribution in [0.1, 0.15) is 19.3 Å². The average molecular weight is 318 g/mol. The molecule has 0 aliphatic heterocycles. The third kappa shape index (κ3) is 4.27. The third-order valence-corrected chi connectivity index (χ3v) is 3.27. The lowest BCUT2D eigenvalue weighted by molar-refractivity contribution is 0.305. The van der Waals surface area contributed by atoms with Crippen molar-refractivity contribution in [2.45, 2.75) is 19.3 Å². The molecule has 0 atom stereocenters. The number of aromatic nitrogens is 3. The van der Waals surface area contributed by atoms with Gasteiger partial charge in [0, 0.05) is 18.5 Å². The monoisotopic (exact) mass is 318 g/mol. The minimum atomic E-state index is -0.480. The molecular weight excluding hydrogens is 300 g/mol. The van der Waals surface area contributed by atoms with Crippen LogP contribution in [0.2, 0.25) is 0 Å². The van der Waals surface area contributed by atoms with Crippen molar-refractivity contribution in [3.05, 3.63) is 55.7 Å². The summed E-state index contributed by atoms with van der Waals surface area (Å²) in [5, 5.41) is 5.87. The minimum Gasteiger partial charge on any atom is -0.494 e. The summed E-state index contributed by atoms with van der Waals surface area (Å²) in [5.41, 5.74) is 7.72. The van der Waals surface area contributed by atoms with Gasteiger partial charge in [0.05, 0.1) is 12.3 Å². The lowest BCUT2D eigenvalue weighted by Crippen LogP contribution is -2.26. The van der Waals surface area contributed by atoms with Gasteiger partial charge in [0.25, 0.3) is 0 Å². The van der Waals surface area contributed by atoms with Gasteiger partial charge in [0.2, 0.25) is 0 Å². The normalized spacial score (nSPS) is 10.3. The Balaban J connectivity index is 1.89. The first-order chi connectivity index (χ1) is 11.1. The van der Waals surface area contributed by atoms with Crippen molar-refractivity contribution in [2.75, 3.05) is 13.2 Å². The van der Waals surface area contributed by atoms with Gasteiger partial charge in [-0.3, -0.25) is 0 Å². The van der Waals surface area contributed by atoms with E-state index in [1.165, 1.54) is 7.05 Å². The predicted molar refractivity (Wildman–Crippen MR) is 85.0 cm³/mol. The van der Waals surface area contributed by atoms with Crippen molar-refractivity contribution in [1.82, 2.24) is 14.3 Å². The first-order valence-electron chi connectivity index (χ1n) is 7.25. The third-order valence-electron chi connectivity index (χ3n) is 3.27. The van der Waals surface area contributed by atoms with E-state index in [0.717, 1.165) is 28.5 Å². The summed E-state index contributed by atoms with van der Waals surface area (Å²) >= 11 is 0. The maximum absolute atomic E-state index is 11.8. The van der Waals surface area contributed by atoms with Gasteiger partial charge in [-0.1, -0.05) is 5.11 Å². The molecule has 1 N–H and O–H groups in total. The molecule has 0 radical (unpaired) electrons. The first-order valence-corrected chi connectivity index (χ1v) is 7.25. The summed E-state index contributed by atoms with van der Waals surface area (Å²) in [7, 11) is 1.49. The van der Waals surface area contributed by atoms with E-state index in [9.17, 15) is 9.59 Å². The molecule has 122 valence electrons. The molecule has 0 aliphatic carbocycles. The number of H-pyrrole nitrogens is 1. The molecule has 2 rings (SSSR count). The second-order valence-corrected chi connectivity index (χ2v) is 4.95. The van der Waals surface area contributed by atoms with Crippen molar-refractivity contribution in [3.63, 3.8) is 0 Å². The zero-order chi connectivity index (χ0) is 16.7. The van der Waals surface area contributed by atoms with Crippen molar-refractivity contribution in [3.8, 4) is 11.4 Å². The van der Waals surface area contributed by atoms with Crippen LogP contribution in [0.4, 0.5) is 0 Å². The second-order valence-electron chi connectivity index (χ2n) is 4.95. The van der Waals surface area contributed by atoms with Crippen LogP contribution in [-0.2, 0) is 7.05 Å². The summed E-state index contributed by atoms with van der Waals surface area (Å²) in [6.07, 6.45) is 2.62. The number of benzene rings is 1. The van der Waals surface area contributed by atoms with E-state index < -0.39 is 11.4 Å². The SMILES string of the molecule is Cn1[nH]c(=O)n(-c2ccc(OCCCCCN=[N+]=[N-])cc2)c1=O. The van der Waals surface area contributed by atoms with Crippen LogP contribution < -0.4 is 16.1 Å². The molecule has 0 fully saturated rings. The first kappa shape index (κ1) is 16.4. The summed E-state index contributed by atoms with van der Waals surface area (Å²) in [6, 6.07) is 6.75. The van der Waals surface area contributed by atoms with Crippen LogP contribution in [0, 0.1) is 0 Å². The highest BCUT2D eigenvalue weighted by Gasteiger charge is 2.08. The molecule has 1 aromatic carbocycles. The molecule has 0 bridgehead atoms. The van der Waals surface area contributed by atoms with Crippen LogP contribution in [0.5, 0.6) is 5.75 Å². The highest BCUT2D eigenvalue weighted by atomic mass is 16.5. The lowest BCUT2D eigenvalue weighted by Gasteiger charge is -2.06. The van der Waals surface area contributed by atoms with Gasteiger partial charge in [-0.05, 0) is 49.1 Å². The van der Waals surface area contributed by atoms with Crippen LogP contribution in [0.3, 0.4) is 0 Å². The maximum Gasteiger partial charge on any atom is 0.351 e. The summed E-state index contributed by atoms with van der Waals surface area (Å²) in [6.45, 7) is 1.06. The van der Waals surface area contributed by atoms with Gasteiger partial charge < -0.3 is 4.74 Å². The largest absolute Gasteiger partial charge is 0.494 e. The lowest BCUT2D eigenvalue weighted by atomic mass is 10.2. The molecule has 0 saturated carbocycles. The van der Waals surface area contributed by atoms with E-state index in [-0.39, 0.29) is 0 Å². The number of azide groups is 1. The number of hydrogen-bond acceptors (Lipinski definition) is 4. The summed E-state index contributed by atoms with van der Waals surface area (Å²) in [5.74, 6) is 0.671. The molecule has 1 heterocycles. The number of hydrogen-bond donors (Lipinski definition) is 1. The van der Waals surface area contributed by atoms with Gasteiger partial charge >= 0.3 is 11.4 Å². The molecule has 9 heteroatoms. The van der Waals surface area contributed by atoms with Crippen molar-refractivity contribution in [1.29, 1.82) is 0 Å². The Morgan fingerprint density at radius 3 is 2.57 bits per heavy atom. The number of nitrogens with zero attached hydrogens (tertiary/aromatic N) is 5. The van der Waals surface area contributed by atoms with Crippen molar-refractivity contribution >= 4 is 0 Å². The van der Waals surface area contributed by atoms with E-state index in [1.54, 1.807) is 24.3 Å². The maximum atomic E-state index is 11.8. The molecule has 0 aliphatic rings. The van der Waals surface area contributed by atoms with Crippen LogP contribution >= 0.6 is 0 Å². The molecule has 0 amide bonds. The number of unbranched alkanes of at least 4 members (excludes halogenated alkanes) is 2. The van der Waals surface area contributed by atoms with Gasteiger partial charge in [-0.25, -0.2) is 23.9 Å². The van der Waals surface area contributed by atoms with Crippen molar-refractivity contribution in [2.24, 2.45) is 12.2 Å². The molecule has 2 aromatic rings. The van der Waals surface area contributed by atoms with E-state index in [2.05, 4.69) is 15.1 Å². The van der Waals surface area contributed by atoms with E-state index in [1.807, 2.05) is 0 Å². The zero-order valence-electron chi connectivity index (χ0n) is 12.8. The molecule has 9 nitrogen and oxygen atoms in total. The zero-order valence-corrected chi connectivity index (χ0v) is 12.8. The second kappa shape index (κ2) is 7.90. The highest BCUT2D eigenvalue weighted by molar-refractivity contribution is 5.36. The topological polar surface area (TPSA) is 118 Å². The Morgan fingerprint density at radius 2 is 1.96 bits per heavy atom. The molecule has 0 unspecified atom stereocenters. The molecular formula is C14H18N6O3. The Kier molecular flexibility index (Phi) is 5.65. The Labute approximate surface area is 131 Å².